The molecule has 1 aromatic heterocycles. The van der Waals surface area contributed by atoms with Gasteiger partial charge >= 0.3 is 0 Å². The summed E-state index contributed by atoms with van der Waals surface area (Å²) >= 11 is 0. The highest BCUT2D eigenvalue weighted by molar-refractivity contribution is 5.54. The monoisotopic (exact) mass is 180 g/mol. The van der Waals surface area contributed by atoms with Gasteiger partial charge in [-0.05, 0) is 20.3 Å². The first-order valence-electron chi connectivity index (χ1n) is 4.48. The van der Waals surface area contributed by atoms with Gasteiger partial charge in [0.05, 0.1) is 0 Å². The molecule has 3 N–H and O–H groups in total. The molecule has 1 rings (SSSR count). The Morgan fingerprint density at radius 3 is 2.85 bits per heavy atom. The van der Waals surface area contributed by atoms with Gasteiger partial charge in [0, 0.05) is 11.6 Å². The number of nitrogens with one attached hydrogen (secondary N) is 1. The van der Waals surface area contributed by atoms with Crippen LogP contribution in [0.15, 0.2) is 6.33 Å². The molecule has 4 nitrogen and oxygen atoms in total. The molecule has 1 unspecified atom stereocenters. The van der Waals surface area contributed by atoms with Crippen LogP contribution in [0.2, 0.25) is 0 Å². The number of anilines is 2. The molecule has 0 aromatic carbocycles. The average Bonchev–Trinajstić information content (AvgIpc) is 2.13. The van der Waals surface area contributed by atoms with E-state index in [0.29, 0.717) is 11.9 Å². The molecule has 0 aliphatic heterocycles. The van der Waals surface area contributed by atoms with Crippen LogP contribution in [0.4, 0.5) is 11.6 Å². The summed E-state index contributed by atoms with van der Waals surface area (Å²) in [4.78, 5) is 8.02. The number of hydrogen-bond acceptors (Lipinski definition) is 4. The van der Waals surface area contributed by atoms with E-state index >= 15 is 0 Å². The van der Waals surface area contributed by atoms with Crippen LogP contribution >= 0.6 is 0 Å². The summed E-state index contributed by atoms with van der Waals surface area (Å²) in [7, 11) is 0. The summed E-state index contributed by atoms with van der Waals surface area (Å²) in [5, 5.41) is 3.27. The first kappa shape index (κ1) is 9.77. The fourth-order valence-corrected chi connectivity index (χ4v) is 0.945. The smallest absolute Gasteiger partial charge is 0.134 e. The van der Waals surface area contributed by atoms with Crippen LogP contribution in [0.25, 0.3) is 0 Å². The number of hydrogen-bond donors (Lipinski definition) is 2. The van der Waals surface area contributed by atoms with Gasteiger partial charge in [-0.15, -0.1) is 0 Å². The lowest BCUT2D eigenvalue weighted by molar-refractivity contribution is 0.757. The first-order valence-corrected chi connectivity index (χ1v) is 4.48. The number of nitrogens with two attached hydrogens (primary N) is 1. The predicted octanol–water partition coefficient (Wildman–Crippen LogP) is 1.58. The highest BCUT2D eigenvalue weighted by Crippen LogP contribution is 2.16. The Labute approximate surface area is 78.6 Å². The van der Waals surface area contributed by atoms with Crippen molar-refractivity contribution < 1.29 is 0 Å². The zero-order valence-corrected chi connectivity index (χ0v) is 8.33. The molecule has 1 heterocycles. The lowest BCUT2D eigenvalue weighted by Crippen LogP contribution is -2.16. The van der Waals surface area contributed by atoms with Crippen molar-refractivity contribution in [2.45, 2.75) is 33.2 Å². The second-order valence-corrected chi connectivity index (χ2v) is 3.19. The fourth-order valence-electron chi connectivity index (χ4n) is 0.945. The predicted molar refractivity (Wildman–Crippen MR) is 54.6 cm³/mol. The topological polar surface area (TPSA) is 63.8 Å². The van der Waals surface area contributed by atoms with Crippen molar-refractivity contribution in [3.05, 3.63) is 11.9 Å². The summed E-state index contributed by atoms with van der Waals surface area (Å²) in [6, 6.07) is 0.410. The van der Waals surface area contributed by atoms with E-state index in [-0.39, 0.29) is 0 Å². The van der Waals surface area contributed by atoms with E-state index < -0.39 is 0 Å². The lowest BCUT2D eigenvalue weighted by atomic mass is 10.2. The van der Waals surface area contributed by atoms with E-state index in [0.717, 1.165) is 17.8 Å². The molecule has 4 heteroatoms. The normalized spacial score (nSPS) is 12.5. The number of rotatable bonds is 3. The number of nitrogens with zero attached hydrogens (tertiary/aromatic N) is 2. The van der Waals surface area contributed by atoms with Gasteiger partial charge in [-0.2, -0.15) is 0 Å². The third kappa shape index (κ3) is 2.31. The van der Waals surface area contributed by atoms with E-state index in [9.17, 15) is 0 Å². The molecule has 0 aliphatic carbocycles. The molecule has 0 saturated carbocycles. The average molecular weight is 180 g/mol. The molecule has 1 atom stereocenters. The van der Waals surface area contributed by atoms with Gasteiger partial charge in [-0.1, -0.05) is 6.92 Å². The maximum absolute atomic E-state index is 5.65. The molecule has 1 aromatic rings. The third-order valence-electron chi connectivity index (χ3n) is 2.12. The molecule has 0 radical (unpaired) electrons. The Hall–Kier alpha value is -1.32. The van der Waals surface area contributed by atoms with Gasteiger partial charge in [-0.25, -0.2) is 9.97 Å². The molecule has 0 spiro atoms. The van der Waals surface area contributed by atoms with Crippen molar-refractivity contribution in [3.63, 3.8) is 0 Å². The summed E-state index contributed by atoms with van der Waals surface area (Å²) in [5.41, 5.74) is 6.57. The SMILES string of the molecule is CCC(C)Nc1ncnc(N)c1C. The molecule has 0 aliphatic rings. The van der Waals surface area contributed by atoms with Gasteiger partial charge in [0.15, 0.2) is 0 Å². The van der Waals surface area contributed by atoms with E-state index in [2.05, 4.69) is 29.1 Å². The molecular weight excluding hydrogens is 164 g/mol. The fraction of sp³-hybridized carbons (Fsp3) is 0.556. The van der Waals surface area contributed by atoms with Gasteiger partial charge in [-0.3, -0.25) is 0 Å². The number of aromatic nitrogens is 2. The Morgan fingerprint density at radius 1 is 1.54 bits per heavy atom. The maximum atomic E-state index is 5.65. The zero-order valence-electron chi connectivity index (χ0n) is 8.33. The molecule has 13 heavy (non-hydrogen) atoms. The number of nitrogen functional groups attached to an aromatic ring is 1. The van der Waals surface area contributed by atoms with Crippen molar-refractivity contribution in [3.8, 4) is 0 Å². The van der Waals surface area contributed by atoms with Crippen LogP contribution in [0.5, 0.6) is 0 Å². The minimum absolute atomic E-state index is 0.410. The van der Waals surface area contributed by atoms with Gasteiger partial charge in [0.25, 0.3) is 0 Å². The molecule has 0 amide bonds. The van der Waals surface area contributed by atoms with Crippen LogP contribution in [0, 0.1) is 6.92 Å². The molecule has 0 saturated heterocycles. The Morgan fingerprint density at radius 2 is 2.23 bits per heavy atom. The maximum Gasteiger partial charge on any atom is 0.134 e. The van der Waals surface area contributed by atoms with Gasteiger partial charge < -0.3 is 11.1 Å². The van der Waals surface area contributed by atoms with E-state index in [1.54, 1.807) is 0 Å². The molecular formula is C9H16N4. The molecule has 72 valence electrons. The third-order valence-corrected chi connectivity index (χ3v) is 2.12. The summed E-state index contributed by atoms with van der Waals surface area (Å²) < 4.78 is 0. The largest absolute Gasteiger partial charge is 0.383 e. The van der Waals surface area contributed by atoms with Crippen molar-refractivity contribution in [1.29, 1.82) is 0 Å². The van der Waals surface area contributed by atoms with Crippen molar-refractivity contribution in [1.82, 2.24) is 9.97 Å². The zero-order chi connectivity index (χ0) is 9.84. The van der Waals surface area contributed by atoms with Crippen molar-refractivity contribution in [2.24, 2.45) is 0 Å². The lowest BCUT2D eigenvalue weighted by Gasteiger charge is -2.14. The van der Waals surface area contributed by atoms with Crippen molar-refractivity contribution in [2.75, 3.05) is 11.1 Å². The van der Waals surface area contributed by atoms with Gasteiger partial charge in [0.1, 0.15) is 18.0 Å². The quantitative estimate of drug-likeness (QED) is 0.741. The minimum Gasteiger partial charge on any atom is -0.383 e. The van der Waals surface area contributed by atoms with Crippen LogP contribution in [0.3, 0.4) is 0 Å². The standard InChI is InChI=1S/C9H16N4/c1-4-6(2)13-9-7(3)8(10)11-5-12-9/h5-6H,4H2,1-3H3,(H3,10,11,12,13). The van der Waals surface area contributed by atoms with Crippen LogP contribution in [-0.2, 0) is 0 Å². The highest BCUT2D eigenvalue weighted by atomic mass is 15.0. The Bertz CT molecular complexity index is 285. The summed E-state index contributed by atoms with van der Waals surface area (Å²) in [6.07, 6.45) is 2.54. The van der Waals surface area contributed by atoms with Crippen molar-refractivity contribution >= 4 is 11.6 Å². The minimum atomic E-state index is 0.410. The second kappa shape index (κ2) is 4.07. The van der Waals surface area contributed by atoms with Crippen LogP contribution < -0.4 is 11.1 Å². The first-order chi connectivity index (χ1) is 6.15. The van der Waals surface area contributed by atoms with E-state index in [4.69, 9.17) is 5.73 Å². The molecule has 0 bridgehead atoms. The molecule has 0 fully saturated rings. The van der Waals surface area contributed by atoms with Crippen LogP contribution in [0.1, 0.15) is 25.8 Å². The van der Waals surface area contributed by atoms with Gasteiger partial charge in [0.2, 0.25) is 0 Å². The van der Waals surface area contributed by atoms with E-state index in [1.165, 1.54) is 6.33 Å². The highest BCUT2D eigenvalue weighted by Gasteiger charge is 2.05. The summed E-state index contributed by atoms with van der Waals surface area (Å²) in [5.74, 6) is 1.38. The van der Waals surface area contributed by atoms with E-state index in [1.807, 2.05) is 6.92 Å². The second-order valence-electron chi connectivity index (χ2n) is 3.19. The summed E-state index contributed by atoms with van der Waals surface area (Å²) in [6.45, 7) is 6.15. The van der Waals surface area contributed by atoms with Crippen LogP contribution in [-0.4, -0.2) is 16.0 Å². The Balaban J connectivity index is 2.83. The Kier molecular flexibility index (Phi) is 3.06.